The fourth-order valence-corrected chi connectivity index (χ4v) is 6.07. The van der Waals surface area contributed by atoms with Crippen LogP contribution in [0.5, 0.6) is 0 Å². The summed E-state index contributed by atoms with van der Waals surface area (Å²) in [5, 5.41) is 11.3. The number of hydrazone groups is 1. The summed E-state index contributed by atoms with van der Waals surface area (Å²) < 4.78 is 33.4. The summed E-state index contributed by atoms with van der Waals surface area (Å²) in [4.78, 5) is 8.70. The van der Waals surface area contributed by atoms with Crippen LogP contribution in [0.25, 0.3) is 0 Å². The van der Waals surface area contributed by atoms with E-state index in [-0.39, 0.29) is 17.8 Å². The van der Waals surface area contributed by atoms with E-state index < -0.39 is 10.2 Å². The lowest BCUT2D eigenvalue weighted by Crippen LogP contribution is -2.38. The zero-order valence-electron chi connectivity index (χ0n) is 21.8. The number of benzene rings is 2. The molecule has 3 aromatic rings. The Balaban J connectivity index is 1.62. The lowest BCUT2D eigenvalue weighted by atomic mass is 9.86. The maximum atomic E-state index is 13.3. The average molecular weight is 568 g/mol. The van der Waals surface area contributed by atoms with Crippen molar-refractivity contribution in [3.8, 4) is 0 Å². The van der Waals surface area contributed by atoms with Gasteiger partial charge in [-0.25, -0.2) is 9.99 Å². The van der Waals surface area contributed by atoms with Gasteiger partial charge >= 0.3 is 10.2 Å². The summed E-state index contributed by atoms with van der Waals surface area (Å²) in [7, 11) is -4.01. The monoisotopic (exact) mass is 567 g/mol. The maximum Gasteiger partial charge on any atom is 0.325 e. The van der Waals surface area contributed by atoms with Crippen LogP contribution in [0.1, 0.15) is 48.0 Å². The molecular weight excluding hydrogens is 538 g/mol. The third-order valence-corrected chi connectivity index (χ3v) is 8.32. The zero-order valence-corrected chi connectivity index (χ0v) is 23.3. The van der Waals surface area contributed by atoms with Crippen molar-refractivity contribution in [3.63, 3.8) is 0 Å². The van der Waals surface area contributed by atoms with Crippen molar-refractivity contribution in [3.05, 3.63) is 82.4 Å². The Kier molecular flexibility index (Phi) is 7.78. The van der Waals surface area contributed by atoms with Crippen molar-refractivity contribution < 1.29 is 8.42 Å². The summed E-state index contributed by atoms with van der Waals surface area (Å²) in [6, 6.07) is 17.5. The topological polar surface area (TPSA) is 134 Å². The van der Waals surface area contributed by atoms with Crippen LogP contribution in [-0.4, -0.2) is 69.8 Å². The second-order valence-electron chi connectivity index (χ2n) is 9.43. The molecule has 11 nitrogen and oxygen atoms in total. The largest absolute Gasteiger partial charge is 0.368 e. The molecular formula is C26H30ClN9O2S. The molecule has 2 N–H and O–H groups in total. The number of nitrogens with two attached hydrogens (primary N) is 1. The molecule has 0 spiro atoms. The molecule has 1 unspecified atom stereocenters. The zero-order chi connectivity index (χ0) is 27.6. The van der Waals surface area contributed by atoms with Gasteiger partial charge in [0.15, 0.2) is 0 Å². The Morgan fingerprint density at radius 1 is 1.03 bits per heavy atom. The minimum absolute atomic E-state index is 0.0263. The molecule has 0 bridgehead atoms. The predicted octanol–water partition coefficient (Wildman–Crippen LogP) is 3.30. The lowest BCUT2D eigenvalue weighted by Gasteiger charge is -2.31. The molecule has 0 saturated carbocycles. The molecule has 0 amide bonds. The third kappa shape index (κ3) is 6.02. The van der Waals surface area contributed by atoms with Crippen molar-refractivity contribution in [2.45, 2.75) is 39.0 Å². The number of hydrogen-bond acceptors (Lipinski definition) is 5. The molecule has 0 aliphatic carbocycles. The molecule has 1 saturated heterocycles. The Morgan fingerprint density at radius 3 is 2.36 bits per heavy atom. The number of halogens is 1. The van der Waals surface area contributed by atoms with Crippen LogP contribution in [0.3, 0.4) is 0 Å². The van der Waals surface area contributed by atoms with E-state index in [0.717, 1.165) is 29.7 Å². The predicted molar refractivity (Wildman–Crippen MR) is 152 cm³/mol. The molecule has 1 aromatic heterocycles. The number of aromatic nitrogens is 3. The molecule has 0 radical (unpaired) electrons. The maximum absolute atomic E-state index is 13.3. The first-order valence-corrected chi connectivity index (χ1v) is 14.5. The van der Waals surface area contributed by atoms with Crippen LogP contribution in [0.15, 0.2) is 69.1 Å². The van der Waals surface area contributed by atoms with Gasteiger partial charge in [0.2, 0.25) is 5.96 Å². The smallest absolute Gasteiger partial charge is 0.325 e. The molecule has 3 heterocycles. The van der Waals surface area contributed by atoms with Crippen LogP contribution in [0.4, 0.5) is 0 Å². The number of aryl methyl sites for hydroxylation is 2. The highest BCUT2D eigenvalue weighted by Gasteiger charge is 2.31. The second-order valence-corrected chi connectivity index (χ2v) is 11.5. The first-order chi connectivity index (χ1) is 18.7. The Labute approximate surface area is 232 Å². The van der Waals surface area contributed by atoms with Crippen molar-refractivity contribution in [1.82, 2.24) is 24.1 Å². The van der Waals surface area contributed by atoms with Gasteiger partial charge in [0.1, 0.15) is 11.6 Å². The van der Waals surface area contributed by atoms with E-state index >= 15 is 0 Å². The van der Waals surface area contributed by atoms with Gasteiger partial charge in [-0.1, -0.05) is 54.1 Å². The van der Waals surface area contributed by atoms with E-state index in [0.29, 0.717) is 42.7 Å². The van der Waals surface area contributed by atoms with E-state index in [1.165, 1.54) is 14.0 Å². The summed E-state index contributed by atoms with van der Waals surface area (Å²) >= 11 is 6.16. The van der Waals surface area contributed by atoms with Gasteiger partial charge in [-0.2, -0.15) is 27.5 Å². The third-order valence-electron chi connectivity index (χ3n) is 6.66. The fourth-order valence-electron chi connectivity index (χ4n) is 4.76. The Bertz CT molecular complexity index is 1530. The standard InChI is InChI=1S/C26H30ClN9O2S/c1-18-29-19(2)36(31-18)25(28)30-26(33-39(37,38)34-15-6-7-16-34)35-17-14-23(20-8-4-3-5-9-20)24(32-35)21-10-12-22(27)13-11-21/h3-5,8-13,23H,6-7,14-17H2,1-2H3,(H2,28,30,33). The molecule has 1 atom stereocenters. The van der Waals surface area contributed by atoms with Gasteiger partial charge in [-0.15, -0.1) is 9.50 Å². The summed E-state index contributed by atoms with van der Waals surface area (Å²) in [6.45, 7) is 4.67. The molecule has 2 aromatic carbocycles. The molecule has 1 fully saturated rings. The van der Waals surface area contributed by atoms with E-state index in [4.69, 9.17) is 22.4 Å². The van der Waals surface area contributed by atoms with Crippen LogP contribution >= 0.6 is 11.6 Å². The fraction of sp³-hybridized carbons (Fsp3) is 0.346. The Hall–Kier alpha value is -3.61. The highest BCUT2D eigenvalue weighted by molar-refractivity contribution is 7.87. The van der Waals surface area contributed by atoms with Crippen LogP contribution in [0, 0.1) is 13.8 Å². The normalized spacial score (nSPS) is 19.4. The number of hydrogen-bond donors (Lipinski definition) is 1. The van der Waals surface area contributed by atoms with Gasteiger partial charge < -0.3 is 5.73 Å². The van der Waals surface area contributed by atoms with E-state index in [1.54, 1.807) is 26.0 Å². The van der Waals surface area contributed by atoms with E-state index in [9.17, 15) is 8.42 Å². The lowest BCUT2D eigenvalue weighted by molar-refractivity contribution is 0.398. The van der Waals surface area contributed by atoms with Gasteiger partial charge in [-0.05, 0) is 56.4 Å². The molecule has 2 aliphatic heterocycles. The van der Waals surface area contributed by atoms with Crippen LogP contribution in [0.2, 0.25) is 5.02 Å². The second kappa shape index (κ2) is 11.2. The summed E-state index contributed by atoms with van der Waals surface area (Å²) in [5.74, 6) is 0.813. The number of aliphatic imine (C=N–C) groups is 1. The summed E-state index contributed by atoms with van der Waals surface area (Å²) in [5.41, 5.74) is 9.01. The van der Waals surface area contributed by atoms with Gasteiger partial charge in [0, 0.05) is 30.6 Å². The highest BCUT2D eigenvalue weighted by Crippen LogP contribution is 2.30. The SMILES string of the molecule is Cc1nc(C)n(/C(N)=N/C(=N\S(=O)(=O)N2CCCC2)N2CCC(c3ccccc3)C(c3ccc(Cl)cc3)=N2)n1. The summed E-state index contributed by atoms with van der Waals surface area (Å²) in [6.07, 6.45) is 2.22. The van der Waals surface area contributed by atoms with Crippen molar-refractivity contribution >= 4 is 39.4 Å². The molecule has 204 valence electrons. The van der Waals surface area contributed by atoms with E-state index in [1.807, 2.05) is 30.3 Å². The molecule has 13 heteroatoms. The van der Waals surface area contributed by atoms with Gasteiger partial charge in [0.25, 0.3) is 5.96 Å². The number of nitrogens with zero attached hydrogens (tertiary/aromatic N) is 8. The van der Waals surface area contributed by atoms with Crippen LogP contribution in [-0.2, 0) is 10.2 Å². The quantitative estimate of drug-likeness (QED) is 0.380. The van der Waals surface area contributed by atoms with Crippen molar-refractivity contribution in [1.29, 1.82) is 0 Å². The number of rotatable bonds is 4. The number of guanidine groups is 1. The average Bonchev–Trinajstić information content (AvgIpc) is 3.59. The van der Waals surface area contributed by atoms with Crippen molar-refractivity contribution in [2.24, 2.45) is 20.2 Å². The first kappa shape index (κ1) is 27.0. The molecule has 2 aliphatic rings. The minimum Gasteiger partial charge on any atom is -0.368 e. The van der Waals surface area contributed by atoms with Crippen LogP contribution < -0.4 is 5.73 Å². The molecule has 5 rings (SSSR count). The highest BCUT2D eigenvalue weighted by atomic mass is 35.5. The first-order valence-electron chi connectivity index (χ1n) is 12.7. The minimum atomic E-state index is -4.01. The van der Waals surface area contributed by atoms with E-state index in [2.05, 4.69) is 31.6 Å². The van der Waals surface area contributed by atoms with Gasteiger partial charge in [-0.3, -0.25) is 0 Å². The Morgan fingerprint density at radius 2 is 1.72 bits per heavy atom. The van der Waals surface area contributed by atoms with Gasteiger partial charge in [0.05, 0.1) is 5.71 Å². The van der Waals surface area contributed by atoms with Crippen molar-refractivity contribution in [2.75, 3.05) is 19.6 Å². The molecule has 39 heavy (non-hydrogen) atoms.